The molecular formula is C27H37N3O3. The quantitative estimate of drug-likeness (QED) is 0.430. The summed E-state index contributed by atoms with van der Waals surface area (Å²) in [4.78, 5) is 2.23. The van der Waals surface area contributed by atoms with Crippen LogP contribution in [0, 0.1) is 13.8 Å². The number of aromatic nitrogens is 2. The van der Waals surface area contributed by atoms with Gasteiger partial charge >= 0.3 is 0 Å². The molecule has 1 N–H and O–H groups in total. The fraction of sp³-hybridized carbons (Fsp3) is 0.444. The van der Waals surface area contributed by atoms with Crippen LogP contribution >= 0.6 is 0 Å². The van der Waals surface area contributed by atoms with Gasteiger partial charge in [0, 0.05) is 19.1 Å². The molecule has 3 aromatic rings. The number of benzene rings is 2. The Morgan fingerprint density at radius 3 is 2.36 bits per heavy atom. The van der Waals surface area contributed by atoms with E-state index in [9.17, 15) is 5.11 Å². The van der Waals surface area contributed by atoms with Crippen molar-refractivity contribution in [2.75, 3.05) is 13.2 Å². The maximum absolute atomic E-state index is 10.6. The van der Waals surface area contributed by atoms with Gasteiger partial charge in [0.2, 0.25) is 5.88 Å². The smallest absolute Gasteiger partial charge is 0.227 e. The average molecular weight is 452 g/mol. The van der Waals surface area contributed by atoms with Gasteiger partial charge in [-0.05, 0) is 71.4 Å². The zero-order chi connectivity index (χ0) is 24.0. The lowest BCUT2D eigenvalue weighted by Crippen LogP contribution is -2.39. The third-order valence-electron chi connectivity index (χ3n) is 5.50. The molecule has 0 spiro atoms. The minimum atomic E-state index is -0.569. The molecule has 0 amide bonds. The number of hydrogen-bond acceptors (Lipinski definition) is 5. The van der Waals surface area contributed by atoms with E-state index in [4.69, 9.17) is 14.6 Å². The van der Waals surface area contributed by atoms with Gasteiger partial charge in [-0.3, -0.25) is 4.90 Å². The van der Waals surface area contributed by atoms with Crippen molar-refractivity contribution in [1.82, 2.24) is 14.7 Å². The second kappa shape index (κ2) is 11.5. The third kappa shape index (κ3) is 6.90. The van der Waals surface area contributed by atoms with E-state index < -0.39 is 6.10 Å². The average Bonchev–Trinajstić information content (AvgIpc) is 3.07. The SMILES string of the molecule is Cc1cccc(Oc2c(CN(C[C@H](O)COC(C)C)C(C)C)c(C)nn2-c2ccccc2)c1. The van der Waals surface area contributed by atoms with Gasteiger partial charge in [-0.2, -0.15) is 5.10 Å². The lowest BCUT2D eigenvalue weighted by molar-refractivity contribution is -0.0137. The minimum absolute atomic E-state index is 0.0906. The van der Waals surface area contributed by atoms with Gasteiger partial charge in [0.15, 0.2) is 0 Å². The fourth-order valence-corrected chi connectivity index (χ4v) is 3.65. The van der Waals surface area contributed by atoms with Crippen molar-refractivity contribution < 1.29 is 14.6 Å². The fourth-order valence-electron chi connectivity index (χ4n) is 3.65. The van der Waals surface area contributed by atoms with Crippen LogP contribution in [-0.2, 0) is 11.3 Å². The van der Waals surface area contributed by atoms with E-state index in [0.717, 1.165) is 28.3 Å². The molecule has 0 aliphatic rings. The second-order valence-electron chi connectivity index (χ2n) is 9.09. The molecule has 6 nitrogen and oxygen atoms in total. The first-order chi connectivity index (χ1) is 15.7. The lowest BCUT2D eigenvalue weighted by atomic mass is 10.2. The number of para-hydroxylation sites is 1. The molecule has 0 unspecified atom stereocenters. The summed E-state index contributed by atoms with van der Waals surface area (Å²) in [5.41, 5.74) is 3.98. The molecule has 0 saturated heterocycles. The Morgan fingerprint density at radius 1 is 1.00 bits per heavy atom. The molecule has 0 radical (unpaired) electrons. The second-order valence-corrected chi connectivity index (χ2v) is 9.09. The van der Waals surface area contributed by atoms with Crippen LogP contribution in [0.4, 0.5) is 0 Å². The van der Waals surface area contributed by atoms with Crippen LogP contribution in [0.15, 0.2) is 54.6 Å². The lowest BCUT2D eigenvalue weighted by Gasteiger charge is -2.29. The predicted octanol–water partition coefficient (Wildman–Crippen LogP) is 5.28. The number of aliphatic hydroxyl groups excluding tert-OH is 1. The van der Waals surface area contributed by atoms with Crippen molar-refractivity contribution in [3.8, 4) is 17.3 Å². The zero-order valence-electron chi connectivity index (χ0n) is 20.7. The molecule has 6 heteroatoms. The molecule has 33 heavy (non-hydrogen) atoms. The summed E-state index contributed by atoms with van der Waals surface area (Å²) in [6, 6.07) is 18.3. The number of nitrogens with zero attached hydrogens (tertiary/aromatic N) is 3. The van der Waals surface area contributed by atoms with Crippen LogP contribution in [0.5, 0.6) is 11.6 Å². The Kier molecular flexibility index (Phi) is 8.67. The normalized spacial score (nSPS) is 12.7. The van der Waals surface area contributed by atoms with Gasteiger partial charge in [-0.15, -0.1) is 0 Å². The molecule has 1 heterocycles. The van der Waals surface area contributed by atoms with Crippen molar-refractivity contribution in [1.29, 1.82) is 0 Å². The summed E-state index contributed by atoms with van der Waals surface area (Å²) in [7, 11) is 0. The first-order valence-electron chi connectivity index (χ1n) is 11.7. The number of ether oxygens (including phenoxy) is 2. The van der Waals surface area contributed by atoms with Gasteiger partial charge in [0.1, 0.15) is 5.75 Å². The minimum Gasteiger partial charge on any atom is -0.439 e. The van der Waals surface area contributed by atoms with E-state index in [1.807, 2.05) is 74.0 Å². The van der Waals surface area contributed by atoms with Crippen LogP contribution in [0.2, 0.25) is 0 Å². The van der Waals surface area contributed by atoms with Crippen molar-refractivity contribution in [2.24, 2.45) is 0 Å². The summed E-state index contributed by atoms with van der Waals surface area (Å²) in [5.74, 6) is 1.47. The van der Waals surface area contributed by atoms with Gasteiger partial charge < -0.3 is 14.6 Å². The van der Waals surface area contributed by atoms with Gasteiger partial charge in [0.25, 0.3) is 0 Å². The van der Waals surface area contributed by atoms with Crippen LogP contribution < -0.4 is 4.74 Å². The third-order valence-corrected chi connectivity index (χ3v) is 5.50. The molecule has 1 aromatic heterocycles. The van der Waals surface area contributed by atoms with Crippen molar-refractivity contribution >= 4 is 0 Å². The molecule has 0 fully saturated rings. The Morgan fingerprint density at radius 2 is 1.73 bits per heavy atom. The van der Waals surface area contributed by atoms with Crippen molar-refractivity contribution in [3.05, 3.63) is 71.4 Å². The maximum atomic E-state index is 10.6. The first-order valence-corrected chi connectivity index (χ1v) is 11.7. The molecule has 2 aromatic carbocycles. The van der Waals surface area contributed by atoms with E-state index in [1.165, 1.54) is 0 Å². The number of aryl methyl sites for hydroxylation is 2. The Labute approximate surface area is 197 Å². The molecule has 0 aliphatic carbocycles. The van der Waals surface area contributed by atoms with E-state index in [2.05, 4.69) is 31.7 Å². The van der Waals surface area contributed by atoms with Crippen LogP contribution in [0.1, 0.15) is 44.5 Å². The Hall–Kier alpha value is -2.67. The van der Waals surface area contributed by atoms with Crippen molar-refractivity contribution in [3.63, 3.8) is 0 Å². The highest BCUT2D eigenvalue weighted by molar-refractivity contribution is 5.43. The van der Waals surface area contributed by atoms with Crippen LogP contribution in [0.3, 0.4) is 0 Å². The van der Waals surface area contributed by atoms with Gasteiger partial charge in [-0.1, -0.05) is 30.3 Å². The highest BCUT2D eigenvalue weighted by Crippen LogP contribution is 2.32. The molecule has 178 valence electrons. The summed E-state index contributed by atoms with van der Waals surface area (Å²) < 4.78 is 13.9. The van der Waals surface area contributed by atoms with Gasteiger partial charge in [-0.25, -0.2) is 4.68 Å². The van der Waals surface area contributed by atoms with E-state index in [0.29, 0.717) is 25.6 Å². The molecular weight excluding hydrogens is 414 g/mol. The van der Waals surface area contributed by atoms with Gasteiger partial charge in [0.05, 0.1) is 35.8 Å². The number of aliphatic hydroxyl groups is 1. The molecule has 1 atom stereocenters. The highest BCUT2D eigenvalue weighted by atomic mass is 16.5. The Bertz CT molecular complexity index is 1010. The summed E-state index contributed by atoms with van der Waals surface area (Å²) in [6.45, 7) is 13.7. The van der Waals surface area contributed by atoms with Crippen molar-refractivity contribution in [2.45, 2.75) is 66.3 Å². The molecule has 0 bridgehead atoms. The largest absolute Gasteiger partial charge is 0.439 e. The summed E-state index contributed by atoms with van der Waals surface area (Å²) in [6.07, 6.45) is -0.478. The van der Waals surface area contributed by atoms with E-state index in [-0.39, 0.29) is 12.1 Å². The monoisotopic (exact) mass is 451 g/mol. The maximum Gasteiger partial charge on any atom is 0.227 e. The number of hydrogen-bond donors (Lipinski definition) is 1. The summed E-state index contributed by atoms with van der Waals surface area (Å²) in [5, 5.41) is 15.4. The Balaban J connectivity index is 1.94. The van der Waals surface area contributed by atoms with Crippen LogP contribution in [-0.4, -0.2) is 51.2 Å². The first kappa shape index (κ1) is 25.0. The van der Waals surface area contributed by atoms with E-state index in [1.54, 1.807) is 0 Å². The molecule has 0 aliphatic heterocycles. The molecule has 0 saturated carbocycles. The zero-order valence-corrected chi connectivity index (χ0v) is 20.7. The number of rotatable bonds is 11. The van der Waals surface area contributed by atoms with Crippen LogP contribution in [0.25, 0.3) is 5.69 Å². The molecule has 3 rings (SSSR count). The summed E-state index contributed by atoms with van der Waals surface area (Å²) >= 11 is 0. The standard InChI is InChI=1S/C27H37N3O3/c1-19(2)29(16-24(31)18-32-20(3)4)17-26-22(6)28-30(23-12-8-7-9-13-23)27(26)33-25-14-10-11-21(5)15-25/h7-15,19-20,24,31H,16-18H2,1-6H3/t24-/m0/s1. The predicted molar refractivity (Wildman–Crippen MR) is 132 cm³/mol. The highest BCUT2D eigenvalue weighted by Gasteiger charge is 2.24. The van der Waals surface area contributed by atoms with E-state index >= 15 is 0 Å². The topological polar surface area (TPSA) is 59.8 Å².